The van der Waals surface area contributed by atoms with Crippen LogP contribution in [0.5, 0.6) is 0 Å². The smallest absolute Gasteiger partial charge is 0.159 e. The van der Waals surface area contributed by atoms with Gasteiger partial charge in [-0.1, -0.05) is 194 Å². The molecule has 0 aliphatic rings. The average molecular weight is 651 g/mol. The number of unbranched alkanes of at least 4 members (excludes halogenated alkanes) is 5. The number of hydrogen-bond acceptors (Lipinski definition) is 1. The van der Waals surface area contributed by atoms with Gasteiger partial charge in [-0.05, 0) is 87.3 Å². The summed E-state index contributed by atoms with van der Waals surface area (Å²) in [6.07, 6.45) is 21.7. The fourth-order valence-electron chi connectivity index (χ4n) is 4.51. The molecule has 0 N–H and O–H groups in total. The molecule has 0 bridgehead atoms. The summed E-state index contributed by atoms with van der Waals surface area (Å²) in [6, 6.07) is 13.5. The van der Waals surface area contributed by atoms with Crippen LogP contribution in [-0.2, 0) is 11.2 Å². The van der Waals surface area contributed by atoms with Crippen molar-refractivity contribution in [3.63, 3.8) is 0 Å². The number of benzene rings is 2. The summed E-state index contributed by atoms with van der Waals surface area (Å²) in [5.41, 5.74) is 8.96. The molecule has 0 aliphatic heterocycles. The van der Waals surface area contributed by atoms with E-state index < -0.39 is 0 Å². The zero-order chi connectivity index (χ0) is 37.0. The summed E-state index contributed by atoms with van der Waals surface area (Å²) in [4.78, 5) is 10.6. The Hall–Kier alpha value is -2.41. The van der Waals surface area contributed by atoms with E-state index in [0.717, 1.165) is 17.9 Å². The van der Waals surface area contributed by atoms with E-state index in [1.165, 1.54) is 104 Å². The number of carbonyl (C=O) groups excluding carboxylic acids is 1. The minimum atomic E-state index is 0.121. The highest BCUT2D eigenvalue weighted by Crippen LogP contribution is 2.26. The third-order valence-electron chi connectivity index (χ3n) is 7.86. The summed E-state index contributed by atoms with van der Waals surface area (Å²) in [5, 5.41) is 0. The number of rotatable bonds is 13. The highest BCUT2D eigenvalue weighted by molar-refractivity contribution is 5.95. The Morgan fingerprint density at radius 2 is 1.17 bits per heavy atom. The third kappa shape index (κ3) is 30.7. The molecular weight excluding hydrogens is 569 g/mol. The van der Waals surface area contributed by atoms with E-state index in [9.17, 15) is 4.79 Å². The van der Waals surface area contributed by atoms with Crippen LogP contribution in [0.2, 0.25) is 0 Å². The number of aryl methyl sites for hydroxylation is 4. The number of carbonyl (C=O) groups is 1. The van der Waals surface area contributed by atoms with Crippen molar-refractivity contribution in [2.75, 3.05) is 0 Å². The molecule has 0 spiro atoms. The van der Waals surface area contributed by atoms with Gasteiger partial charge >= 0.3 is 0 Å². The van der Waals surface area contributed by atoms with Gasteiger partial charge < -0.3 is 0 Å². The van der Waals surface area contributed by atoms with E-state index >= 15 is 0 Å². The largest absolute Gasteiger partial charge is 0.295 e. The summed E-state index contributed by atoms with van der Waals surface area (Å²) >= 11 is 0. The van der Waals surface area contributed by atoms with Crippen molar-refractivity contribution in [3.8, 4) is 11.1 Å². The summed E-state index contributed by atoms with van der Waals surface area (Å²) in [6.45, 7) is 33.8. The molecule has 0 saturated heterocycles. The van der Waals surface area contributed by atoms with Gasteiger partial charge in [0, 0.05) is 5.57 Å². The van der Waals surface area contributed by atoms with Gasteiger partial charge in [-0.3, -0.25) is 4.79 Å². The maximum atomic E-state index is 10.6. The molecule has 2 aromatic carbocycles. The molecule has 0 aromatic heterocycles. The second-order valence-electron chi connectivity index (χ2n) is 12.3. The van der Waals surface area contributed by atoms with Crippen LogP contribution in [0.3, 0.4) is 0 Å². The molecule has 2 rings (SSSR count). The Labute approximate surface area is 297 Å². The monoisotopic (exact) mass is 651 g/mol. The molecule has 0 heterocycles. The van der Waals surface area contributed by atoms with Crippen molar-refractivity contribution in [2.45, 2.75) is 188 Å². The first-order valence-electron chi connectivity index (χ1n) is 19.4. The van der Waals surface area contributed by atoms with Gasteiger partial charge in [0.2, 0.25) is 0 Å². The van der Waals surface area contributed by atoms with E-state index in [4.69, 9.17) is 0 Å². The predicted octanol–water partition coefficient (Wildman–Crippen LogP) is 16.0. The first-order valence-corrected chi connectivity index (χ1v) is 19.4. The number of hydrogen-bond donors (Lipinski definition) is 0. The Morgan fingerprint density at radius 3 is 1.51 bits per heavy atom. The molecule has 1 nitrogen and oxygen atoms in total. The minimum Gasteiger partial charge on any atom is -0.295 e. The molecule has 0 radical (unpaired) electrons. The van der Waals surface area contributed by atoms with Gasteiger partial charge in [-0.25, -0.2) is 0 Å². The van der Waals surface area contributed by atoms with Crippen molar-refractivity contribution >= 4 is 5.78 Å². The Bertz CT molecular complexity index is 1010. The van der Waals surface area contributed by atoms with E-state index in [-0.39, 0.29) is 5.78 Å². The highest BCUT2D eigenvalue weighted by Gasteiger charge is 2.04. The van der Waals surface area contributed by atoms with Gasteiger partial charge in [0.25, 0.3) is 0 Å². The summed E-state index contributed by atoms with van der Waals surface area (Å²) in [5.74, 6) is 1.08. The fraction of sp³-hybridized carbons (Fsp3) is 0.630. The average Bonchev–Trinajstić information content (AvgIpc) is 3.07. The number of allylic oxidation sites excluding steroid dienone is 4. The van der Waals surface area contributed by atoms with Crippen molar-refractivity contribution in [3.05, 3.63) is 82.5 Å². The van der Waals surface area contributed by atoms with Gasteiger partial charge in [-0.2, -0.15) is 0 Å². The van der Waals surface area contributed by atoms with E-state index in [2.05, 4.69) is 113 Å². The van der Waals surface area contributed by atoms with Crippen molar-refractivity contribution in [2.24, 2.45) is 5.92 Å². The van der Waals surface area contributed by atoms with Crippen LogP contribution >= 0.6 is 0 Å². The predicted molar refractivity (Wildman–Crippen MR) is 220 cm³/mol. The zero-order valence-electron chi connectivity index (χ0n) is 34.7. The quantitative estimate of drug-likeness (QED) is 0.120. The van der Waals surface area contributed by atoms with Crippen molar-refractivity contribution in [1.82, 2.24) is 0 Å². The molecule has 0 amide bonds. The second-order valence-corrected chi connectivity index (χ2v) is 12.3. The molecule has 0 atom stereocenters. The Balaban J connectivity index is -0.000000265. The van der Waals surface area contributed by atoms with Gasteiger partial charge in [0.1, 0.15) is 0 Å². The normalized spacial score (nSPS) is 10.2. The molecule has 2 aromatic rings. The van der Waals surface area contributed by atoms with E-state index in [0.29, 0.717) is 0 Å². The molecule has 0 aliphatic carbocycles. The summed E-state index contributed by atoms with van der Waals surface area (Å²) < 4.78 is 0. The van der Waals surface area contributed by atoms with Crippen LogP contribution in [0.25, 0.3) is 11.1 Å². The maximum absolute atomic E-state index is 10.6. The molecular formula is C46H82O. The zero-order valence-corrected chi connectivity index (χ0v) is 34.7. The topological polar surface area (TPSA) is 17.1 Å². The first-order chi connectivity index (χ1) is 22.5. The van der Waals surface area contributed by atoms with Crippen LogP contribution in [0.15, 0.2) is 60.2 Å². The first kappa shape index (κ1) is 51.4. The second kappa shape index (κ2) is 38.0. The molecule has 47 heavy (non-hydrogen) atoms. The van der Waals surface area contributed by atoms with Crippen LogP contribution in [0.4, 0.5) is 0 Å². The molecule has 0 saturated carbocycles. The lowest BCUT2D eigenvalue weighted by Gasteiger charge is -2.10. The van der Waals surface area contributed by atoms with Crippen molar-refractivity contribution < 1.29 is 4.79 Å². The van der Waals surface area contributed by atoms with E-state index in [1.807, 2.05) is 45.9 Å². The van der Waals surface area contributed by atoms with Crippen molar-refractivity contribution in [1.29, 1.82) is 0 Å². The third-order valence-corrected chi connectivity index (χ3v) is 7.86. The van der Waals surface area contributed by atoms with Gasteiger partial charge in [-0.15, -0.1) is 0 Å². The van der Waals surface area contributed by atoms with E-state index in [1.54, 1.807) is 6.92 Å². The fourth-order valence-corrected chi connectivity index (χ4v) is 4.51. The molecule has 0 unspecified atom stereocenters. The van der Waals surface area contributed by atoms with Gasteiger partial charge in [0.05, 0.1) is 0 Å². The lowest BCUT2D eigenvalue weighted by atomic mass is 9.95. The van der Waals surface area contributed by atoms with Crippen LogP contribution in [-0.4, -0.2) is 5.78 Å². The summed E-state index contributed by atoms with van der Waals surface area (Å²) in [7, 11) is 0. The Kier molecular flexibility index (Phi) is 41.6. The molecule has 1 heteroatoms. The standard InChI is InChI=1S/C17H20.C8H12O.C8H18.C7H16.C4H10.C2H6/c1-5-15-8-6-13(3)17(11-15)16-9-7-12(2)14(4)10-16;1-4-6-8(5-2)7(3)9;1-4-6-8(3)7-5-2;1-3-5-7-6-4-2;1-3-4-2;1-2/h6-11H,5H2,1-4H3;4-6H,1-3H3;8H,4-7H2,1-3H3;3-7H2,1-2H3;3-4H2,1-2H3;1-2H3/b;6-4-,8-5+;;;;. The van der Waals surface area contributed by atoms with Gasteiger partial charge in [0.15, 0.2) is 5.78 Å². The number of ketones is 1. The lowest BCUT2D eigenvalue weighted by Crippen LogP contribution is -1.91. The SMILES string of the molecule is C/C=C\C(=C/C)C(C)=O.CC.CCCC.CCCC(C)CCC.CCCCCCC.CCc1ccc(C)c(-c2ccc(C)c(C)c2)c1. The molecule has 0 fully saturated rings. The van der Waals surface area contributed by atoms with Crippen LogP contribution < -0.4 is 0 Å². The van der Waals surface area contributed by atoms with Crippen LogP contribution in [0.1, 0.15) is 183 Å². The Morgan fingerprint density at radius 1 is 0.660 bits per heavy atom. The maximum Gasteiger partial charge on any atom is 0.159 e. The molecule has 272 valence electrons. The minimum absolute atomic E-state index is 0.121. The number of Topliss-reactive ketones (excluding diaryl/α,β-unsaturated/α-hetero) is 1. The highest BCUT2D eigenvalue weighted by atomic mass is 16.1. The van der Waals surface area contributed by atoms with Crippen LogP contribution in [0, 0.1) is 26.7 Å². The lowest BCUT2D eigenvalue weighted by molar-refractivity contribution is -0.113.